The van der Waals surface area contributed by atoms with Gasteiger partial charge in [0.2, 0.25) is 0 Å². The third-order valence-corrected chi connectivity index (χ3v) is 3.42. The molecule has 0 radical (unpaired) electrons. The summed E-state index contributed by atoms with van der Waals surface area (Å²) in [6.07, 6.45) is 0. The SMILES string of the molecule is O=P(O)(O)OP(=O)(O)Oc1cc(O)cc(O)c1. The van der Waals surface area contributed by atoms with E-state index in [0.29, 0.717) is 0 Å². The van der Waals surface area contributed by atoms with Crippen molar-refractivity contribution in [3.05, 3.63) is 18.2 Å². The van der Waals surface area contributed by atoms with Crippen molar-refractivity contribution in [3.8, 4) is 17.2 Å². The molecule has 0 spiro atoms. The first kappa shape index (κ1) is 14.0. The van der Waals surface area contributed by atoms with Crippen LogP contribution in [0.4, 0.5) is 0 Å². The topological polar surface area (TPSA) is 154 Å². The van der Waals surface area contributed by atoms with E-state index in [1.807, 2.05) is 0 Å². The van der Waals surface area contributed by atoms with Gasteiger partial charge in [0.1, 0.15) is 17.2 Å². The van der Waals surface area contributed by atoms with E-state index in [0.717, 1.165) is 18.2 Å². The molecule has 1 unspecified atom stereocenters. The molecule has 0 saturated heterocycles. The number of benzene rings is 1. The van der Waals surface area contributed by atoms with Gasteiger partial charge in [0, 0.05) is 18.2 Å². The predicted octanol–water partition coefficient (Wildman–Crippen LogP) is 0.686. The molecule has 0 aromatic heterocycles. The standard InChI is InChI=1S/C6H8O9P2/c7-4-1-5(8)3-6(2-4)14-17(12,13)15-16(9,10)11/h1-3,7-8H,(H,12,13)(H2,9,10,11). The Hall–Kier alpha value is -1.08. The Morgan fingerprint density at radius 1 is 0.941 bits per heavy atom. The maximum absolute atomic E-state index is 11.1. The van der Waals surface area contributed by atoms with Gasteiger partial charge in [0.15, 0.2) is 0 Å². The minimum atomic E-state index is -5.21. The summed E-state index contributed by atoms with van der Waals surface area (Å²) < 4.78 is 29.1. The highest BCUT2D eigenvalue weighted by atomic mass is 31.3. The molecule has 17 heavy (non-hydrogen) atoms. The monoisotopic (exact) mass is 286 g/mol. The fourth-order valence-electron chi connectivity index (χ4n) is 0.905. The number of aromatic hydroxyl groups is 2. The van der Waals surface area contributed by atoms with Gasteiger partial charge >= 0.3 is 15.6 Å². The van der Waals surface area contributed by atoms with Crippen LogP contribution in [0.1, 0.15) is 0 Å². The first-order valence-electron chi connectivity index (χ1n) is 3.90. The van der Waals surface area contributed by atoms with Crippen LogP contribution in [0.5, 0.6) is 17.2 Å². The first-order valence-corrected chi connectivity index (χ1v) is 6.92. The first-order chi connectivity index (χ1) is 7.57. The summed E-state index contributed by atoms with van der Waals surface area (Å²) in [6.45, 7) is 0. The summed E-state index contributed by atoms with van der Waals surface area (Å²) in [7, 11) is -10.3. The molecule has 0 saturated carbocycles. The van der Waals surface area contributed by atoms with E-state index in [-0.39, 0.29) is 0 Å². The summed E-state index contributed by atoms with van der Waals surface area (Å²) in [5.74, 6) is -1.45. The number of phosphoric acid groups is 2. The van der Waals surface area contributed by atoms with Crippen LogP contribution in [0, 0.1) is 0 Å². The van der Waals surface area contributed by atoms with Crippen LogP contribution in [-0.4, -0.2) is 24.9 Å². The van der Waals surface area contributed by atoms with Crippen LogP contribution in [0.15, 0.2) is 18.2 Å². The Kier molecular flexibility index (Phi) is 3.83. The van der Waals surface area contributed by atoms with Gasteiger partial charge in [-0.3, -0.25) is 4.89 Å². The molecule has 0 aliphatic rings. The van der Waals surface area contributed by atoms with Gasteiger partial charge in [-0.15, -0.1) is 0 Å². The van der Waals surface area contributed by atoms with Crippen LogP contribution in [0.25, 0.3) is 0 Å². The molecule has 1 rings (SSSR count). The molecular weight excluding hydrogens is 278 g/mol. The lowest BCUT2D eigenvalue weighted by Crippen LogP contribution is -1.95. The summed E-state index contributed by atoms with van der Waals surface area (Å²) >= 11 is 0. The normalized spacial score (nSPS) is 15.2. The highest BCUT2D eigenvalue weighted by Crippen LogP contribution is 2.57. The van der Waals surface area contributed by atoms with E-state index in [1.165, 1.54) is 0 Å². The van der Waals surface area contributed by atoms with Crippen molar-refractivity contribution in [1.82, 2.24) is 0 Å². The van der Waals surface area contributed by atoms with Gasteiger partial charge in [-0.1, -0.05) is 0 Å². The van der Waals surface area contributed by atoms with Crippen molar-refractivity contribution < 1.29 is 42.9 Å². The molecule has 0 heterocycles. The second kappa shape index (κ2) is 4.66. The molecule has 1 aromatic rings. The third-order valence-electron chi connectivity index (χ3n) is 1.31. The van der Waals surface area contributed by atoms with Crippen molar-refractivity contribution in [2.45, 2.75) is 0 Å². The fraction of sp³-hybridized carbons (Fsp3) is 0. The number of phenols is 2. The predicted molar refractivity (Wildman–Crippen MR) is 53.4 cm³/mol. The van der Waals surface area contributed by atoms with Crippen molar-refractivity contribution in [2.75, 3.05) is 0 Å². The van der Waals surface area contributed by atoms with Crippen LogP contribution >= 0.6 is 15.6 Å². The Morgan fingerprint density at radius 3 is 1.82 bits per heavy atom. The van der Waals surface area contributed by atoms with Gasteiger partial charge < -0.3 is 24.5 Å². The number of hydrogen-bond donors (Lipinski definition) is 5. The molecule has 0 aliphatic heterocycles. The molecule has 0 fully saturated rings. The van der Waals surface area contributed by atoms with E-state index in [4.69, 9.17) is 24.9 Å². The fourth-order valence-corrected chi connectivity index (χ4v) is 2.49. The van der Waals surface area contributed by atoms with Crippen molar-refractivity contribution in [1.29, 1.82) is 0 Å². The van der Waals surface area contributed by atoms with Crippen molar-refractivity contribution in [2.24, 2.45) is 0 Å². The number of rotatable bonds is 4. The Bertz CT molecular complexity index is 486. The summed E-state index contributed by atoms with van der Waals surface area (Å²) in [5, 5.41) is 18.0. The van der Waals surface area contributed by atoms with Crippen LogP contribution in [-0.2, 0) is 13.4 Å². The van der Waals surface area contributed by atoms with Crippen LogP contribution < -0.4 is 4.52 Å². The van der Waals surface area contributed by atoms with Gasteiger partial charge in [-0.05, 0) is 0 Å². The molecule has 11 heteroatoms. The zero-order valence-corrected chi connectivity index (χ0v) is 9.78. The lowest BCUT2D eigenvalue weighted by Gasteiger charge is -2.13. The second-order valence-electron chi connectivity index (χ2n) is 2.82. The average Bonchev–Trinajstić information content (AvgIpc) is 1.93. The van der Waals surface area contributed by atoms with E-state index >= 15 is 0 Å². The number of phosphoric ester groups is 1. The summed E-state index contributed by atoms with van der Waals surface area (Å²) in [4.78, 5) is 25.6. The molecule has 9 nitrogen and oxygen atoms in total. The minimum absolute atomic E-state index is 0.476. The maximum Gasteiger partial charge on any atom is 0.536 e. The maximum atomic E-state index is 11.1. The van der Waals surface area contributed by atoms with Crippen molar-refractivity contribution >= 4 is 15.6 Å². The number of hydrogen-bond acceptors (Lipinski definition) is 6. The van der Waals surface area contributed by atoms with Gasteiger partial charge in [-0.25, -0.2) is 9.13 Å². The van der Waals surface area contributed by atoms with E-state index in [1.54, 1.807) is 0 Å². The third kappa shape index (κ3) is 5.18. The van der Waals surface area contributed by atoms with Gasteiger partial charge in [0.25, 0.3) is 0 Å². The van der Waals surface area contributed by atoms with Gasteiger partial charge in [0.05, 0.1) is 0 Å². The molecule has 96 valence electrons. The Balaban J connectivity index is 2.90. The highest BCUT2D eigenvalue weighted by Gasteiger charge is 2.33. The molecule has 1 atom stereocenters. The minimum Gasteiger partial charge on any atom is -0.508 e. The summed E-state index contributed by atoms with van der Waals surface area (Å²) in [6, 6.07) is 2.59. The highest BCUT2D eigenvalue weighted by molar-refractivity contribution is 7.60. The van der Waals surface area contributed by atoms with E-state index < -0.39 is 32.9 Å². The molecule has 5 N–H and O–H groups in total. The lowest BCUT2D eigenvalue weighted by atomic mass is 10.3. The zero-order chi connectivity index (χ0) is 13.3. The molecule has 0 aliphatic carbocycles. The molecule has 0 amide bonds. The van der Waals surface area contributed by atoms with Gasteiger partial charge in [-0.2, -0.15) is 4.31 Å². The lowest BCUT2D eigenvalue weighted by molar-refractivity contribution is 0.229. The van der Waals surface area contributed by atoms with Crippen molar-refractivity contribution in [3.63, 3.8) is 0 Å². The van der Waals surface area contributed by atoms with E-state index in [9.17, 15) is 9.13 Å². The Labute approximate surface area is 94.7 Å². The largest absolute Gasteiger partial charge is 0.536 e. The Morgan fingerprint density at radius 2 is 1.41 bits per heavy atom. The molecule has 0 bridgehead atoms. The second-order valence-corrected chi connectivity index (χ2v) is 5.57. The van der Waals surface area contributed by atoms with E-state index in [2.05, 4.69) is 8.83 Å². The van der Waals surface area contributed by atoms with Crippen LogP contribution in [0.3, 0.4) is 0 Å². The number of phenolic OH excluding ortho intramolecular Hbond substituents is 2. The molecular formula is C6H8O9P2. The summed E-state index contributed by atoms with van der Waals surface area (Å²) in [5.41, 5.74) is 0. The smallest absolute Gasteiger partial charge is 0.508 e. The quantitative estimate of drug-likeness (QED) is 0.502. The average molecular weight is 286 g/mol. The zero-order valence-electron chi connectivity index (χ0n) is 8.00. The molecule has 1 aromatic carbocycles. The van der Waals surface area contributed by atoms with Crippen LogP contribution in [0.2, 0.25) is 0 Å².